The number of rotatable bonds is 12. The average Bonchev–Trinajstić information content (AvgIpc) is 4.17. The Bertz CT molecular complexity index is 3730. The first-order valence-electron chi connectivity index (χ1n) is 27.9. The summed E-state index contributed by atoms with van der Waals surface area (Å²) in [6, 6.07) is 26.8. The zero-order chi connectivity index (χ0) is 55.2. The number of halogens is 1. The summed E-state index contributed by atoms with van der Waals surface area (Å²) in [4.78, 5) is 31.7. The lowest BCUT2D eigenvalue weighted by atomic mass is 9.77. The Morgan fingerprint density at radius 3 is 1.64 bits per heavy atom. The first-order valence-corrected chi connectivity index (χ1v) is 27.7. The normalized spacial score (nSPS) is 16.8. The molecule has 3 saturated heterocycles. The highest BCUT2D eigenvalue weighted by molar-refractivity contribution is 9.10. The van der Waals surface area contributed by atoms with Crippen LogP contribution in [0.3, 0.4) is 0 Å². The lowest BCUT2D eigenvalue weighted by molar-refractivity contribution is 0.00578. The molecule has 0 amide bonds. The molecule has 0 radical (unpaired) electrons. The predicted octanol–water partition coefficient (Wildman–Crippen LogP) is 10.8. The zero-order valence-corrected chi connectivity index (χ0v) is 46.1. The molecule has 0 atom stereocenters. The van der Waals surface area contributed by atoms with Gasteiger partial charge in [-0.1, -0.05) is 49.2 Å². The number of hydrogen-bond donors (Lipinski definition) is 0. The summed E-state index contributed by atoms with van der Waals surface area (Å²) < 4.78 is 43.7. The van der Waals surface area contributed by atoms with E-state index in [0.717, 1.165) is 101 Å². The van der Waals surface area contributed by atoms with Gasteiger partial charge in [-0.2, -0.15) is 10.2 Å². The second kappa shape index (κ2) is 23.8. The van der Waals surface area contributed by atoms with Crippen molar-refractivity contribution in [2.45, 2.75) is 77.4 Å². The molecule has 2 aromatic carbocycles. The minimum absolute atomic E-state index is 0.253. The molecule has 0 spiro atoms. The fraction of sp³-hybridized carbons (Fsp3) is 0.333. The molecule has 398 valence electrons. The van der Waals surface area contributed by atoms with Crippen molar-refractivity contribution < 1.29 is 21.5 Å². The molecule has 0 aliphatic carbocycles. The molecule has 0 unspecified atom stereocenters. The van der Waals surface area contributed by atoms with Crippen molar-refractivity contribution >= 4 is 61.6 Å². The van der Waals surface area contributed by atoms with Gasteiger partial charge in [0.1, 0.15) is 24.7 Å². The highest BCUT2D eigenvalue weighted by atomic mass is 79.9. The molecule has 8 aromatic heterocycles. The van der Waals surface area contributed by atoms with Gasteiger partial charge >= 0.3 is 7.12 Å². The molecule has 3 aliphatic rings. The van der Waals surface area contributed by atoms with E-state index in [9.17, 15) is 0 Å². The summed E-state index contributed by atoms with van der Waals surface area (Å²) in [5.74, 6) is 1.58. The van der Waals surface area contributed by atoms with Crippen LogP contribution in [-0.4, -0.2) is 130 Å². The lowest BCUT2D eigenvalue weighted by Gasteiger charge is -2.32. The van der Waals surface area contributed by atoms with Crippen LogP contribution in [-0.2, 0) is 9.31 Å². The van der Waals surface area contributed by atoms with Gasteiger partial charge < -0.3 is 18.8 Å². The first-order chi connectivity index (χ1) is 38.8. The van der Waals surface area contributed by atoms with Crippen LogP contribution in [0.25, 0.3) is 66.7 Å². The molecule has 11 heterocycles. The summed E-state index contributed by atoms with van der Waals surface area (Å²) in [5.41, 5.74) is 8.77. The van der Waals surface area contributed by atoms with Gasteiger partial charge in [-0.05, 0) is 160 Å². The molecular formula is C60H64BBrN12O4. The van der Waals surface area contributed by atoms with Crippen molar-refractivity contribution in [3.05, 3.63) is 151 Å². The van der Waals surface area contributed by atoms with Crippen molar-refractivity contribution in [1.29, 1.82) is 0 Å². The van der Waals surface area contributed by atoms with Crippen LogP contribution in [0.2, 0.25) is 0 Å². The summed E-state index contributed by atoms with van der Waals surface area (Å²) in [7, 11) is -0.401. The third kappa shape index (κ3) is 12.1. The second-order valence-corrected chi connectivity index (χ2v) is 21.6. The fourth-order valence-corrected chi connectivity index (χ4v) is 10.3. The zero-order valence-electron chi connectivity index (χ0n) is 46.6. The SMILES string of the molecule is Brc1cnn2cc(-c3ccc(OCCN4CCCCC4)cn3)cnc12.[2H]c1ccc2c(-c3cnn4cc(-c5ccc(OCCN6CCCCC6)cn5)cnc34)cccc2n1.[2H]c1ccc2c(B3OC(C)(C)C(C)(C)O3)cccc2n1. The van der Waals surface area contributed by atoms with Crippen molar-refractivity contribution in [1.82, 2.24) is 58.9 Å². The second-order valence-electron chi connectivity index (χ2n) is 20.8. The largest absolute Gasteiger partial charge is 0.495 e. The van der Waals surface area contributed by atoms with Gasteiger partial charge in [0.25, 0.3) is 0 Å². The number of fused-ring (bicyclic) bond motifs is 4. The molecular weight excluding hydrogens is 1040 g/mol. The topological polar surface area (TPSA) is 155 Å². The third-order valence-corrected chi connectivity index (χ3v) is 15.6. The highest BCUT2D eigenvalue weighted by Gasteiger charge is 2.52. The molecule has 3 fully saturated rings. The van der Waals surface area contributed by atoms with E-state index in [1.165, 1.54) is 64.7 Å². The summed E-state index contributed by atoms with van der Waals surface area (Å²) >= 11 is 3.43. The van der Waals surface area contributed by atoms with Crippen LogP contribution in [0.15, 0.2) is 151 Å². The van der Waals surface area contributed by atoms with Crippen LogP contribution in [0.4, 0.5) is 0 Å². The molecule has 18 heteroatoms. The third-order valence-electron chi connectivity index (χ3n) is 15.0. The van der Waals surface area contributed by atoms with E-state index in [0.29, 0.717) is 13.2 Å². The van der Waals surface area contributed by atoms with E-state index < -0.39 is 7.12 Å². The van der Waals surface area contributed by atoms with Crippen molar-refractivity contribution in [3.63, 3.8) is 0 Å². The van der Waals surface area contributed by atoms with Gasteiger partial charge in [-0.25, -0.2) is 19.0 Å². The molecule has 3 aliphatic heterocycles. The summed E-state index contributed by atoms with van der Waals surface area (Å²) in [5, 5.41) is 10.8. The van der Waals surface area contributed by atoms with E-state index in [-0.39, 0.29) is 23.5 Å². The first kappa shape index (κ1) is 50.3. The number of ether oxygens (including phenoxy) is 2. The monoisotopic (exact) mass is 1110 g/mol. The smallest absolute Gasteiger partial charge is 0.491 e. The van der Waals surface area contributed by atoms with Gasteiger partial charge in [-0.3, -0.25) is 29.7 Å². The lowest BCUT2D eigenvalue weighted by Crippen LogP contribution is -2.41. The van der Waals surface area contributed by atoms with Gasteiger partial charge in [0, 0.05) is 72.3 Å². The van der Waals surface area contributed by atoms with Crippen LogP contribution in [0, 0.1) is 0 Å². The van der Waals surface area contributed by atoms with E-state index in [1.807, 2.05) is 125 Å². The molecule has 0 saturated carbocycles. The average molecular weight is 1110 g/mol. The molecule has 78 heavy (non-hydrogen) atoms. The predicted molar refractivity (Wildman–Crippen MR) is 310 cm³/mol. The molecule has 13 rings (SSSR count). The number of pyridine rings is 4. The number of nitrogens with zero attached hydrogens (tertiary/aromatic N) is 12. The number of aromatic nitrogens is 10. The molecule has 0 bridgehead atoms. The Kier molecular flexibility index (Phi) is 15.3. The quantitative estimate of drug-likeness (QED) is 0.107. The molecule has 10 aromatic rings. The summed E-state index contributed by atoms with van der Waals surface area (Å²) in [6.45, 7) is 16.2. The van der Waals surface area contributed by atoms with E-state index in [1.54, 1.807) is 46.0 Å². The molecule has 0 N–H and O–H groups in total. The van der Waals surface area contributed by atoms with Crippen LogP contribution in [0.5, 0.6) is 11.5 Å². The standard InChI is InChI=1S/C27H26N6O.C18H20BrN5O.C15H18BNO2/c1-2-12-32(13-3-1)14-15-34-21-9-10-25(29-17-21)20-16-30-27-24(18-31-33(27)19-20)22-6-4-8-26-23(22)7-5-11-28-26;19-16-12-22-24-13-14(10-21-18(16)24)17-5-4-15(11-20-17)25-9-8-23-6-2-1-3-7-23;1-14(2)15(3,4)19-16(18-14)12-8-5-9-13-11(12)7-6-10-17-13/h4-11,16-19H,1-3,12-15H2;4-5,10-13H,1-3,6-9H2;5-10H,1-4H3/i11D;;10D. The van der Waals surface area contributed by atoms with Gasteiger partial charge in [0.05, 0.1) is 65.6 Å². The Morgan fingerprint density at radius 2 is 1.06 bits per heavy atom. The summed E-state index contributed by atoms with van der Waals surface area (Å²) in [6.07, 6.45) is 23.0. The van der Waals surface area contributed by atoms with Crippen molar-refractivity contribution in [3.8, 4) is 45.1 Å². The van der Waals surface area contributed by atoms with E-state index in [2.05, 4.69) is 60.8 Å². The van der Waals surface area contributed by atoms with Crippen molar-refractivity contribution in [2.75, 3.05) is 52.5 Å². The fourth-order valence-electron chi connectivity index (χ4n) is 9.94. The number of piperidine rings is 2. The van der Waals surface area contributed by atoms with E-state index >= 15 is 0 Å². The Morgan fingerprint density at radius 1 is 0.538 bits per heavy atom. The van der Waals surface area contributed by atoms with Crippen LogP contribution >= 0.6 is 15.9 Å². The maximum atomic E-state index is 7.79. The number of likely N-dealkylation sites (tertiary alicyclic amines) is 2. The Hall–Kier alpha value is -7.22. The Labute approximate surface area is 466 Å². The molecule has 16 nitrogen and oxygen atoms in total. The van der Waals surface area contributed by atoms with E-state index in [4.69, 9.17) is 26.5 Å². The van der Waals surface area contributed by atoms with Gasteiger partial charge in [0.2, 0.25) is 0 Å². The maximum Gasteiger partial charge on any atom is 0.495 e. The van der Waals surface area contributed by atoms with Crippen LogP contribution < -0.4 is 14.9 Å². The number of benzene rings is 2. The minimum Gasteiger partial charge on any atom is -0.491 e. The van der Waals surface area contributed by atoms with Gasteiger partial charge in [-0.15, -0.1) is 0 Å². The number of hydrogen-bond acceptors (Lipinski definition) is 14. The highest BCUT2D eigenvalue weighted by Crippen LogP contribution is 2.37. The maximum absolute atomic E-state index is 7.79. The van der Waals surface area contributed by atoms with Crippen molar-refractivity contribution in [2.24, 2.45) is 0 Å². The minimum atomic E-state index is -0.401. The Balaban J connectivity index is 0.000000132. The van der Waals surface area contributed by atoms with Gasteiger partial charge in [0.15, 0.2) is 11.3 Å². The van der Waals surface area contributed by atoms with Crippen LogP contribution in [0.1, 0.15) is 69.0 Å².